The molecule has 0 radical (unpaired) electrons. The Bertz CT molecular complexity index is 3180. The van der Waals surface area contributed by atoms with Crippen LogP contribution in [0.2, 0.25) is 0 Å². The van der Waals surface area contributed by atoms with Crippen molar-refractivity contribution in [1.29, 1.82) is 0 Å². The van der Waals surface area contributed by atoms with E-state index >= 15 is 0 Å². The molecule has 0 aliphatic heterocycles. The summed E-state index contributed by atoms with van der Waals surface area (Å²) in [6.07, 6.45) is 0. The molecule has 0 saturated carbocycles. The van der Waals surface area contributed by atoms with Crippen LogP contribution in [0.3, 0.4) is 0 Å². The largest absolute Gasteiger partial charge is 0.457 e. The van der Waals surface area contributed by atoms with E-state index in [1.165, 1.54) is 180 Å². The fourth-order valence-corrected chi connectivity index (χ4v) is 11.3. The van der Waals surface area contributed by atoms with Crippen molar-refractivity contribution in [3.8, 4) is 22.3 Å². The van der Waals surface area contributed by atoms with Crippen molar-refractivity contribution in [2.75, 3.05) is 0 Å². The molecule has 58 heavy (non-hydrogen) atoms. The van der Waals surface area contributed by atoms with Gasteiger partial charge >= 0.3 is 0 Å². The lowest BCUT2D eigenvalue weighted by molar-refractivity contribution is 0.675. The molecule has 0 atom stereocenters. The van der Waals surface area contributed by atoms with Gasteiger partial charge in [-0.2, -0.15) is 0 Å². The van der Waals surface area contributed by atoms with Crippen molar-refractivity contribution >= 4 is 334 Å². The van der Waals surface area contributed by atoms with Crippen LogP contribution >= 0.6 is 0 Å². The highest BCUT2D eigenvalue weighted by atomic mass is 16.3. The van der Waals surface area contributed by atoms with E-state index in [1.807, 2.05) is 0 Å². The van der Waals surface area contributed by atoms with Gasteiger partial charge in [-0.05, 0) is 66.1 Å². The first-order chi connectivity index (χ1) is 27.1. The second-order valence-corrected chi connectivity index (χ2v) is 18.6. The van der Waals surface area contributed by atoms with Gasteiger partial charge in [0.2, 0.25) is 0 Å². The smallest absolute Gasteiger partial charge is 0.145 e. The standard InChI is InChI=1S/C36H43B21O/c37-14-2-1-3-4-8(16(39)32(55)34(57)36(4)58-35(3)23(46)5(2)15(38)25(48)24(14)47)6-9-11(19(42)28(51)26(49)17(9)40)7(12-10(6)18(41)27(50)29(52)20(12)43)13-21(44)30(53)33(56)31(54)22(13)45/h1H,37-57H2. The summed E-state index contributed by atoms with van der Waals surface area (Å²) >= 11 is 0. The van der Waals surface area contributed by atoms with Gasteiger partial charge in [-0.1, -0.05) is 60.1 Å². The highest BCUT2D eigenvalue weighted by Crippen LogP contribution is 2.43. The maximum atomic E-state index is 7.26. The number of hydrogen-bond acceptors (Lipinski definition) is 1. The zero-order chi connectivity index (χ0) is 42.6. The van der Waals surface area contributed by atoms with Crippen LogP contribution in [0.1, 0.15) is 0 Å². The first-order valence-electron chi connectivity index (χ1n) is 21.5. The molecule has 256 valence electrons. The Labute approximate surface area is 364 Å². The topological polar surface area (TPSA) is 13.1 Å². The molecular weight excluding hydrogens is 675 g/mol. The molecule has 0 saturated heterocycles. The highest BCUT2D eigenvalue weighted by Gasteiger charge is 2.30. The first kappa shape index (κ1) is 41.2. The summed E-state index contributed by atoms with van der Waals surface area (Å²) in [6.45, 7) is 0. The van der Waals surface area contributed by atoms with Crippen molar-refractivity contribution in [2.45, 2.75) is 0 Å². The van der Waals surface area contributed by atoms with Crippen LogP contribution in [-0.4, -0.2) is 165 Å². The monoisotopic (exact) mass is 723 g/mol. The minimum Gasteiger partial charge on any atom is -0.457 e. The first-order valence-corrected chi connectivity index (χ1v) is 21.5. The molecule has 8 rings (SSSR count). The summed E-state index contributed by atoms with van der Waals surface area (Å²) in [4.78, 5) is 0. The highest BCUT2D eigenvalue weighted by molar-refractivity contribution is 6.75. The minimum absolute atomic E-state index is 1.02. The Hall–Kier alpha value is -3.52. The van der Waals surface area contributed by atoms with Crippen LogP contribution in [-0.2, 0) is 0 Å². The predicted molar refractivity (Wildman–Crippen MR) is 329 cm³/mol. The van der Waals surface area contributed by atoms with Crippen LogP contribution in [0.25, 0.3) is 76.5 Å². The van der Waals surface area contributed by atoms with E-state index in [9.17, 15) is 0 Å². The summed E-state index contributed by atoms with van der Waals surface area (Å²) in [5, 5.41) is 10.7. The molecule has 0 aliphatic rings. The number of fused-ring (bicyclic) bond motifs is 6. The fraction of sp³-hybridized carbons (Fsp3) is 0. The van der Waals surface area contributed by atoms with Gasteiger partial charge in [-0.15, -0.1) is 49.2 Å². The molecule has 0 spiro atoms. The summed E-state index contributed by atoms with van der Waals surface area (Å²) in [5.41, 5.74) is 36.2. The Morgan fingerprint density at radius 1 is 0.207 bits per heavy atom. The number of hydrogen-bond donors (Lipinski definition) is 0. The van der Waals surface area contributed by atoms with Crippen LogP contribution in [0, 0.1) is 0 Å². The van der Waals surface area contributed by atoms with E-state index in [1.54, 1.807) is 0 Å². The van der Waals surface area contributed by atoms with E-state index in [-0.39, 0.29) is 0 Å². The zero-order valence-electron chi connectivity index (χ0n) is 39.5. The molecule has 0 fully saturated rings. The lowest BCUT2D eigenvalue weighted by Gasteiger charge is -2.31. The van der Waals surface area contributed by atoms with Crippen molar-refractivity contribution < 1.29 is 4.42 Å². The van der Waals surface area contributed by atoms with Crippen LogP contribution in [0.5, 0.6) is 0 Å². The molecule has 0 bridgehead atoms. The Morgan fingerprint density at radius 2 is 0.517 bits per heavy atom. The summed E-state index contributed by atoms with van der Waals surface area (Å²) < 4.78 is 7.26. The molecule has 1 nitrogen and oxygen atoms in total. The quantitative estimate of drug-likeness (QED) is 0.128. The maximum absolute atomic E-state index is 7.26. The Kier molecular flexibility index (Phi) is 9.78. The van der Waals surface area contributed by atoms with Gasteiger partial charge < -0.3 is 4.42 Å². The van der Waals surface area contributed by atoms with Crippen molar-refractivity contribution in [1.82, 2.24) is 0 Å². The molecule has 0 unspecified atom stereocenters. The van der Waals surface area contributed by atoms with Gasteiger partial charge in [-0.3, -0.25) is 0 Å². The van der Waals surface area contributed by atoms with E-state index in [2.05, 4.69) is 171 Å². The molecule has 0 amide bonds. The molecule has 0 N–H and O–H groups in total. The normalized spacial score (nSPS) is 11.9. The molecule has 1 heterocycles. The summed E-state index contributed by atoms with van der Waals surface area (Å²) in [5.74, 6) is 0. The van der Waals surface area contributed by atoms with Crippen LogP contribution < -0.4 is 115 Å². The van der Waals surface area contributed by atoms with Crippen LogP contribution in [0.4, 0.5) is 0 Å². The molecule has 1 aromatic heterocycles. The lowest BCUT2D eigenvalue weighted by atomic mass is 9.56. The molecular formula is C36H43B21O. The van der Waals surface area contributed by atoms with E-state index in [4.69, 9.17) is 4.42 Å². The second-order valence-electron chi connectivity index (χ2n) is 18.6. The minimum atomic E-state index is 1.02. The van der Waals surface area contributed by atoms with Gasteiger partial charge in [0.1, 0.15) is 176 Å². The summed E-state index contributed by atoms with van der Waals surface area (Å²) in [7, 11) is 49.1. The van der Waals surface area contributed by atoms with E-state index in [0.717, 1.165) is 11.2 Å². The molecule has 0 aliphatic carbocycles. The third-order valence-electron chi connectivity index (χ3n) is 16.7. The van der Waals surface area contributed by atoms with Crippen molar-refractivity contribution in [2.24, 2.45) is 0 Å². The molecule has 8 aromatic rings. The lowest BCUT2D eigenvalue weighted by Crippen LogP contribution is -2.55. The maximum Gasteiger partial charge on any atom is 0.145 e. The van der Waals surface area contributed by atoms with Crippen molar-refractivity contribution in [3.05, 3.63) is 6.07 Å². The summed E-state index contributed by atoms with van der Waals surface area (Å²) in [6, 6.07) is 2.49. The average molecular weight is 719 g/mol. The number of rotatable bonds is 2. The SMILES string of the molecule is Bc1c(B)c(B)c(-c2c3c(B)c(B)c(B)c(B)c3c(-c3c(B)c(B)c(B)c4oc5c(B)c6c(B)c(B)c(B)c(B)c6cc5c34)c3c(B)c(B)c(B)c(B)c23)c(B)c1B. The van der Waals surface area contributed by atoms with Crippen LogP contribution in [0.15, 0.2) is 10.5 Å². The van der Waals surface area contributed by atoms with E-state index in [0.29, 0.717) is 0 Å². The Morgan fingerprint density at radius 3 is 0.948 bits per heavy atom. The van der Waals surface area contributed by atoms with Gasteiger partial charge in [0.25, 0.3) is 0 Å². The van der Waals surface area contributed by atoms with Gasteiger partial charge in [0, 0.05) is 10.8 Å². The van der Waals surface area contributed by atoms with E-state index < -0.39 is 0 Å². The third kappa shape index (κ3) is 5.14. The van der Waals surface area contributed by atoms with Gasteiger partial charge in [-0.25, -0.2) is 0 Å². The number of benzene rings is 7. The fourth-order valence-electron chi connectivity index (χ4n) is 11.3. The third-order valence-corrected chi connectivity index (χ3v) is 16.7. The number of furan rings is 1. The zero-order valence-corrected chi connectivity index (χ0v) is 39.5. The average Bonchev–Trinajstić information content (AvgIpc) is 3.58. The second kappa shape index (κ2) is 13.8. The Balaban J connectivity index is 1.79. The van der Waals surface area contributed by atoms with Crippen molar-refractivity contribution in [3.63, 3.8) is 0 Å². The predicted octanol–water partition coefficient (Wildman–Crippen LogP) is -26.2. The molecule has 7 aromatic carbocycles. The molecule has 22 heteroatoms. The van der Waals surface area contributed by atoms with Gasteiger partial charge in [0.15, 0.2) is 0 Å². The van der Waals surface area contributed by atoms with Gasteiger partial charge in [0.05, 0.1) is 0 Å².